The molecular formula is C9H17NO3. The van der Waals surface area contributed by atoms with Crippen molar-refractivity contribution in [2.24, 2.45) is 5.41 Å². The fourth-order valence-electron chi connectivity index (χ4n) is 1.00. The minimum absolute atomic E-state index is 0.0120. The smallest absolute Gasteiger partial charge is 0.293 e. The second-order valence-corrected chi connectivity index (χ2v) is 3.70. The van der Waals surface area contributed by atoms with Crippen LogP contribution < -0.4 is 5.32 Å². The van der Waals surface area contributed by atoms with Gasteiger partial charge < -0.3 is 10.1 Å². The number of carbonyl (C=O) groups excluding carboxylic acids is 2. The molecule has 76 valence electrons. The van der Waals surface area contributed by atoms with Gasteiger partial charge in [-0.2, -0.15) is 0 Å². The van der Waals surface area contributed by atoms with Gasteiger partial charge >= 0.3 is 0 Å². The number of ether oxygens (including phenoxy) is 1. The summed E-state index contributed by atoms with van der Waals surface area (Å²) in [4.78, 5) is 21.1. The van der Waals surface area contributed by atoms with E-state index in [1.165, 1.54) is 0 Å². The molecule has 0 spiro atoms. The lowest BCUT2D eigenvalue weighted by molar-refractivity contribution is -0.134. The van der Waals surface area contributed by atoms with E-state index >= 15 is 0 Å². The molecule has 0 atom stereocenters. The van der Waals surface area contributed by atoms with Gasteiger partial charge in [0, 0.05) is 18.4 Å². The first-order valence-electron chi connectivity index (χ1n) is 4.34. The summed E-state index contributed by atoms with van der Waals surface area (Å²) in [5.74, 6) is -0.0120. The molecule has 0 aromatic heterocycles. The van der Waals surface area contributed by atoms with Crippen molar-refractivity contribution >= 4 is 12.4 Å². The first-order chi connectivity index (χ1) is 6.02. The zero-order valence-electron chi connectivity index (χ0n) is 8.42. The van der Waals surface area contributed by atoms with Gasteiger partial charge in [-0.3, -0.25) is 9.59 Å². The summed E-state index contributed by atoms with van der Waals surface area (Å²) >= 11 is 0. The number of amides is 1. The molecule has 0 bridgehead atoms. The Morgan fingerprint density at radius 1 is 1.54 bits per heavy atom. The topological polar surface area (TPSA) is 55.4 Å². The van der Waals surface area contributed by atoms with Crippen molar-refractivity contribution in [3.63, 3.8) is 0 Å². The van der Waals surface area contributed by atoms with Crippen LogP contribution in [0.2, 0.25) is 0 Å². The third-order valence-electron chi connectivity index (χ3n) is 1.56. The fraction of sp³-hybridized carbons (Fsp3) is 0.778. The second kappa shape index (κ2) is 5.56. The van der Waals surface area contributed by atoms with Crippen LogP contribution in [0.25, 0.3) is 0 Å². The van der Waals surface area contributed by atoms with E-state index < -0.39 is 0 Å². The first kappa shape index (κ1) is 11.9. The van der Waals surface area contributed by atoms with E-state index in [4.69, 9.17) is 0 Å². The Labute approximate surface area is 78.6 Å². The first-order valence-corrected chi connectivity index (χ1v) is 4.34. The third kappa shape index (κ3) is 6.13. The van der Waals surface area contributed by atoms with Crippen molar-refractivity contribution in [3.8, 4) is 0 Å². The molecule has 0 fully saturated rings. The van der Waals surface area contributed by atoms with Crippen LogP contribution >= 0.6 is 0 Å². The molecule has 0 aliphatic heterocycles. The Balaban J connectivity index is 3.85. The van der Waals surface area contributed by atoms with Crippen molar-refractivity contribution in [2.45, 2.75) is 27.2 Å². The van der Waals surface area contributed by atoms with Gasteiger partial charge in [-0.05, 0) is 6.92 Å². The highest BCUT2D eigenvalue weighted by Crippen LogP contribution is 2.19. The van der Waals surface area contributed by atoms with Crippen LogP contribution in [0.3, 0.4) is 0 Å². The highest BCUT2D eigenvalue weighted by Gasteiger charge is 2.22. The van der Waals surface area contributed by atoms with E-state index in [1.807, 2.05) is 20.8 Å². The summed E-state index contributed by atoms with van der Waals surface area (Å²) in [7, 11) is 0. The number of hydrogen-bond acceptors (Lipinski definition) is 3. The maximum absolute atomic E-state index is 11.2. The summed E-state index contributed by atoms with van der Waals surface area (Å²) in [6.45, 7) is 6.93. The summed E-state index contributed by atoms with van der Waals surface area (Å²) in [5.41, 5.74) is -0.292. The van der Waals surface area contributed by atoms with E-state index in [0.717, 1.165) is 0 Å². The van der Waals surface area contributed by atoms with Crippen LogP contribution in [0, 0.1) is 5.41 Å². The minimum atomic E-state index is -0.292. The zero-order valence-corrected chi connectivity index (χ0v) is 8.42. The molecule has 0 radical (unpaired) electrons. The molecule has 0 aromatic rings. The molecule has 0 saturated heterocycles. The van der Waals surface area contributed by atoms with E-state index in [2.05, 4.69) is 10.1 Å². The minimum Gasteiger partial charge on any atom is -0.467 e. The van der Waals surface area contributed by atoms with Crippen LogP contribution in [-0.4, -0.2) is 25.5 Å². The summed E-state index contributed by atoms with van der Waals surface area (Å²) in [6.07, 6.45) is 0.370. The molecular weight excluding hydrogens is 170 g/mol. The maximum atomic E-state index is 11.2. The maximum Gasteiger partial charge on any atom is 0.293 e. The molecule has 1 N–H and O–H groups in total. The number of carbonyl (C=O) groups is 2. The predicted octanol–water partition coefficient (Wildman–Crippen LogP) is 0.712. The van der Waals surface area contributed by atoms with Gasteiger partial charge in [0.1, 0.15) is 0 Å². The molecule has 0 aromatic carbocycles. The summed E-state index contributed by atoms with van der Waals surface area (Å²) < 4.78 is 4.62. The van der Waals surface area contributed by atoms with Gasteiger partial charge in [-0.1, -0.05) is 13.8 Å². The lowest BCUT2D eigenvalue weighted by Crippen LogP contribution is -2.31. The molecule has 0 saturated carbocycles. The average molecular weight is 187 g/mol. The molecule has 4 nitrogen and oxygen atoms in total. The zero-order chi connectivity index (χ0) is 10.3. The SMILES string of the molecule is CCNC(=O)CC(C)(C)COC=O. The van der Waals surface area contributed by atoms with E-state index in [-0.39, 0.29) is 17.9 Å². The van der Waals surface area contributed by atoms with E-state index in [1.54, 1.807) is 0 Å². The molecule has 0 aliphatic rings. The van der Waals surface area contributed by atoms with E-state index in [9.17, 15) is 9.59 Å². The summed E-state index contributed by atoms with van der Waals surface area (Å²) in [6, 6.07) is 0. The molecule has 0 rings (SSSR count). The molecule has 0 heterocycles. The molecule has 4 heteroatoms. The number of rotatable bonds is 6. The monoisotopic (exact) mass is 187 g/mol. The van der Waals surface area contributed by atoms with Crippen LogP contribution in [0.15, 0.2) is 0 Å². The highest BCUT2D eigenvalue weighted by atomic mass is 16.5. The number of nitrogens with one attached hydrogen (secondary N) is 1. The van der Waals surface area contributed by atoms with Crippen LogP contribution in [-0.2, 0) is 14.3 Å². The fourth-order valence-corrected chi connectivity index (χ4v) is 1.00. The van der Waals surface area contributed by atoms with Crippen molar-refractivity contribution in [1.29, 1.82) is 0 Å². The summed E-state index contributed by atoms with van der Waals surface area (Å²) in [5, 5.41) is 2.70. The predicted molar refractivity (Wildman–Crippen MR) is 49.1 cm³/mol. The molecule has 1 amide bonds. The third-order valence-corrected chi connectivity index (χ3v) is 1.56. The van der Waals surface area contributed by atoms with Gasteiger partial charge in [0.15, 0.2) is 0 Å². The lowest BCUT2D eigenvalue weighted by Gasteiger charge is -2.21. The Kier molecular flexibility index (Phi) is 5.11. The van der Waals surface area contributed by atoms with E-state index in [0.29, 0.717) is 19.4 Å². The Morgan fingerprint density at radius 2 is 2.15 bits per heavy atom. The quantitative estimate of drug-likeness (QED) is 0.623. The Hall–Kier alpha value is -1.06. The largest absolute Gasteiger partial charge is 0.467 e. The average Bonchev–Trinajstić information content (AvgIpc) is 2.00. The van der Waals surface area contributed by atoms with Crippen molar-refractivity contribution in [1.82, 2.24) is 5.32 Å². The van der Waals surface area contributed by atoms with Crippen molar-refractivity contribution < 1.29 is 14.3 Å². The van der Waals surface area contributed by atoms with Gasteiger partial charge in [0.25, 0.3) is 6.47 Å². The number of hydrogen-bond donors (Lipinski definition) is 1. The van der Waals surface area contributed by atoms with Crippen LogP contribution in [0.1, 0.15) is 27.2 Å². The Morgan fingerprint density at radius 3 is 2.62 bits per heavy atom. The van der Waals surface area contributed by atoms with Gasteiger partial charge in [0.05, 0.1) is 6.61 Å². The normalized spacial score (nSPS) is 10.7. The van der Waals surface area contributed by atoms with Gasteiger partial charge in [0.2, 0.25) is 5.91 Å². The van der Waals surface area contributed by atoms with Gasteiger partial charge in [-0.15, -0.1) is 0 Å². The van der Waals surface area contributed by atoms with Gasteiger partial charge in [-0.25, -0.2) is 0 Å². The van der Waals surface area contributed by atoms with Crippen molar-refractivity contribution in [2.75, 3.05) is 13.2 Å². The van der Waals surface area contributed by atoms with Crippen LogP contribution in [0.4, 0.5) is 0 Å². The molecule has 0 aliphatic carbocycles. The van der Waals surface area contributed by atoms with Crippen molar-refractivity contribution in [3.05, 3.63) is 0 Å². The van der Waals surface area contributed by atoms with Crippen LogP contribution in [0.5, 0.6) is 0 Å². The molecule has 0 unspecified atom stereocenters. The Bertz CT molecular complexity index is 178. The lowest BCUT2D eigenvalue weighted by atomic mass is 9.90. The highest BCUT2D eigenvalue weighted by molar-refractivity contribution is 5.76. The molecule has 13 heavy (non-hydrogen) atoms. The second-order valence-electron chi connectivity index (χ2n) is 3.70. The standard InChI is InChI=1S/C9H17NO3/c1-4-10-8(12)5-9(2,3)6-13-7-11/h7H,4-6H2,1-3H3,(H,10,12).